The Morgan fingerprint density at radius 3 is 2.32 bits per heavy atom. The van der Waals surface area contributed by atoms with Gasteiger partial charge in [0.25, 0.3) is 5.79 Å². The zero-order valence-corrected chi connectivity index (χ0v) is 12.1. The Morgan fingerprint density at radius 1 is 1.36 bits per heavy atom. The molecular weight excluding hydrogens is 302 g/mol. The summed E-state index contributed by atoms with van der Waals surface area (Å²) in [6.07, 6.45) is -6.81. The molecule has 1 rings (SSSR count). The number of ether oxygens (including phenoxy) is 1. The normalized spacial score (nSPS) is 38.1. The molecule has 0 spiro atoms. The lowest BCUT2D eigenvalue weighted by atomic mass is 9.81. The summed E-state index contributed by atoms with van der Waals surface area (Å²) in [5.41, 5.74) is 0. The summed E-state index contributed by atoms with van der Waals surface area (Å²) in [5, 5.41) is 59.9. The van der Waals surface area contributed by atoms with Gasteiger partial charge in [0.05, 0.1) is 18.8 Å². The third kappa shape index (κ3) is 3.37. The molecule has 10 nitrogen and oxygen atoms in total. The van der Waals surface area contributed by atoms with Crippen molar-refractivity contribution in [2.75, 3.05) is 6.61 Å². The van der Waals surface area contributed by atoms with E-state index in [2.05, 4.69) is 5.32 Å². The topological polar surface area (TPSA) is 177 Å². The van der Waals surface area contributed by atoms with Crippen LogP contribution in [0.3, 0.4) is 0 Å². The molecule has 0 saturated carbocycles. The van der Waals surface area contributed by atoms with E-state index < -0.39 is 60.6 Å². The third-order valence-electron chi connectivity index (χ3n) is 3.76. The fourth-order valence-corrected chi connectivity index (χ4v) is 2.38. The van der Waals surface area contributed by atoms with Crippen molar-refractivity contribution in [1.29, 1.82) is 0 Å². The molecule has 0 aromatic rings. The number of nitrogens with one attached hydrogen (secondary N) is 1. The number of hydrogen-bond acceptors (Lipinski definition) is 8. The molecular formula is C12H21NO9. The highest BCUT2D eigenvalue weighted by molar-refractivity contribution is 5.76. The largest absolute Gasteiger partial charge is 0.477 e. The number of carbonyl (C=O) groups excluding carboxylic acids is 1. The Hall–Kier alpha value is -1.30. The second kappa shape index (κ2) is 6.86. The average molecular weight is 323 g/mol. The van der Waals surface area contributed by atoms with Crippen LogP contribution >= 0.6 is 0 Å². The number of carbonyl (C=O) groups is 2. The summed E-state index contributed by atoms with van der Waals surface area (Å²) < 4.78 is 4.98. The van der Waals surface area contributed by atoms with Gasteiger partial charge in [0.15, 0.2) is 0 Å². The van der Waals surface area contributed by atoms with E-state index in [1.54, 1.807) is 0 Å². The van der Waals surface area contributed by atoms with E-state index >= 15 is 0 Å². The van der Waals surface area contributed by atoms with Crippen LogP contribution in [0.2, 0.25) is 0 Å². The van der Waals surface area contributed by atoms with E-state index in [1.165, 1.54) is 6.92 Å². The van der Waals surface area contributed by atoms with Gasteiger partial charge in [0.2, 0.25) is 5.91 Å². The Balaban J connectivity index is 3.19. The molecule has 1 heterocycles. The summed E-state index contributed by atoms with van der Waals surface area (Å²) in [6.45, 7) is 1.45. The highest BCUT2D eigenvalue weighted by atomic mass is 16.7. The molecule has 1 fully saturated rings. The van der Waals surface area contributed by atoms with Gasteiger partial charge in [-0.3, -0.25) is 4.79 Å². The smallest absolute Gasteiger partial charge is 0.364 e. The first kappa shape index (κ1) is 18.7. The van der Waals surface area contributed by atoms with Crippen molar-refractivity contribution in [1.82, 2.24) is 5.32 Å². The van der Waals surface area contributed by atoms with Crippen LogP contribution in [0.1, 0.15) is 13.8 Å². The molecule has 2 unspecified atom stereocenters. The number of carboxylic acid groups (broad SMARTS) is 1. The third-order valence-corrected chi connectivity index (χ3v) is 3.76. The molecule has 1 aliphatic rings. The minimum atomic E-state index is -2.82. The minimum absolute atomic E-state index is 0.601. The second-order valence-electron chi connectivity index (χ2n) is 5.33. The average Bonchev–Trinajstić information content (AvgIpc) is 2.45. The van der Waals surface area contributed by atoms with Crippen LogP contribution in [-0.4, -0.2) is 85.4 Å². The van der Waals surface area contributed by atoms with Gasteiger partial charge in [-0.15, -0.1) is 0 Å². The van der Waals surface area contributed by atoms with Crippen LogP contribution < -0.4 is 5.32 Å². The van der Waals surface area contributed by atoms with Gasteiger partial charge in [-0.1, -0.05) is 6.92 Å². The Kier molecular flexibility index (Phi) is 5.84. The molecule has 1 saturated heterocycles. The van der Waals surface area contributed by atoms with E-state index in [4.69, 9.17) is 14.9 Å². The summed E-state index contributed by atoms with van der Waals surface area (Å²) >= 11 is 0. The minimum Gasteiger partial charge on any atom is -0.477 e. The van der Waals surface area contributed by atoms with Crippen molar-refractivity contribution in [2.24, 2.45) is 5.92 Å². The van der Waals surface area contributed by atoms with Crippen LogP contribution in [0.15, 0.2) is 0 Å². The quantitative estimate of drug-likeness (QED) is 0.269. The van der Waals surface area contributed by atoms with Gasteiger partial charge in [-0.2, -0.15) is 0 Å². The molecule has 0 radical (unpaired) electrons. The van der Waals surface area contributed by atoms with Crippen LogP contribution in [-0.2, 0) is 14.3 Å². The molecule has 1 aliphatic heterocycles. The maximum Gasteiger partial charge on any atom is 0.364 e. The van der Waals surface area contributed by atoms with Crippen LogP contribution in [0, 0.1) is 5.92 Å². The summed E-state index contributed by atoms with van der Waals surface area (Å²) in [6, 6.07) is -1.29. The molecule has 0 aromatic heterocycles. The van der Waals surface area contributed by atoms with E-state index in [0.29, 0.717) is 0 Å². The van der Waals surface area contributed by atoms with E-state index in [0.717, 1.165) is 6.92 Å². The highest BCUT2D eigenvalue weighted by Crippen LogP contribution is 2.35. The molecule has 1 amide bonds. The molecule has 128 valence electrons. The van der Waals surface area contributed by atoms with Gasteiger partial charge >= 0.3 is 5.97 Å². The lowest BCUT2D eigenvalue weighted by Crippen LogP contribution is -2.70. The molecule has 7 atom stereocenters. The van der Waals surface area contributed by atoms with Crippen molar-refractivity contribution in [2.45, 2.75) is 50.1 Å². The van der Waals surface area contributed by atoms with Crippen molar-refractivity contribution in [3.05, 3.63) is 0 Å². The van der Waals surface area contributed by atoms with Gasteiger partial charge in [0.1, 0.15) is 18.3 Å². The Labute approximate surface area is 125 Å². The zero-order chi connectivity index (χ0) is 17.2. The number of aliphatic hydroxyl groups excluding tert-OH is 4. The summed E-state index contributed by atoms with van der Waals surface area (Å²) in [7, 11) is 0. The first-order chi connectivity index (χ1) is 10.1. The Morgan fingerprint density at radius 2 is 1.91 bits per heavy atom. The van der Waals surface area contributed by atoms with E-state index in [1.807, 2.05) is 0 Å². The van der Waals surface area contributed by atoms with Crippen LogP contribution in [0.25, 0.3) is 0 Å². The number of aliphatic carboxylic acids is 1. The zero-order valence-electron chi connectivity index (χ0n) is 12.1. The van der Waals surface area contributed by atoms with Gasteiger partial charge in [-0.25, -0.2) is 4.79 Å². The lowest BCUT2D eigenvalue weighted by molar-refractivity contribution is -0.317. The standard InChI is InChI=1S/C12H21NO9/c1-4-8(17)7(13-5(2)15)10(9(18)6(16)3-14)22-12(4,21)11(19)20/h4,6-10,14,16-18,21H,3H2,1-2H3,(H,13,15)(H,19,20)/t4?,6-,7-,8+,9?,10-,12-/m1/s1. The predicted molar refractivity (Wildman–Crippen MR) is 69.3 cm³/mol. The number of carboxylic acids is 1. The van der Waals surface area contributed by atoms with Gasteiger partial charge < -0.3 is 40.7 Å². The molecule has 0 bridgehead atoms. The molecule has 22 heavy (non-hydrogen) atoms. The number of amides is 1. The van der Waals surface area contributed by atoms with Crippen molar-refractivity contribution in [3.8, 4) is 0 Å². The highest BCUT2D eigenvalue weighted by Gasteiger charge is 2.58. The molecule has 0 aliphatic carbocycles. The van der Waals surface area contributed by atoms with Crippen LogP contribution in [0.5, 0.6) is 0 Å². The summed E-state index contributed by atoms with van der Waals surface area (Å²) in [4.78, 5) is 22.4. The van der Waals surface area contributed by atoms with E-state index in [9.17, 15) is 30.0 Å². The maximum atomic E-state index is 11.2. The first-order valence-electron chi connectivity index (χ1n) is 6.62. The number of aliphatic hydroxyl groups is 5. The van der Waals surface area contributed by atoms with Gasteiger partial charge in [0, 0.05) is 12.8 Å². The van der Waals surface area contributed by atoms with Crippen LogP contribution in [0.4, 0.5) is 0 Å². The fraction of sp³-hybridized carbons (Fsp3) is 0.833. The van der Waals surface area contributed by atoms with Crippen molar-refractivity contribution >= 4 is 11.9 Å². The lowest BCUT2D eigenvalue weighted by Gasteiger charge is -2.48. The predicted octanol–water partition coefficient (Wildman–Crippen LogP) is -3.63. The second-order valence-corrected chi connectivity index (χ2v) is 5.33. The van der Waals surface area contributed by atoms with Crippen molar-refractivity contribution in [3.63, 3.8) is 0 Å². The first-order valence-corrected chi connectivity index (χ1v) is 6.62. The molecule has 10 heteroatoms. The number of rotatable bonds is 5. The maximum absolute atomic E-state index is 11.2. The fourth-order valence-electron chi connectivity index (χ4n) is 2.38. The SMILES string of the molecule is CC(=O)N[C@@H]1[C@@H](O)C(C)[C@](O)(C(=O)O)O[C@H]1C(O)[C@H](O)CO. The molecule has 0 aromatic carbocycles. The van der Waals surface area contributed by atoms with E-state index in [-0.39, 0.29) is 0 Å². The summed E-state index contributed by atoms with van der Waals surface area (Å²) in [5.74, 6) is -6.56. The molecule has 7 N–H and O–H groups in total. The van der Waals surface area contributed by atoms with Gasteiger partial charge in [-0.05, 0) is 0 Å². The Bertz CT molecular complexity index is 431. The van der Waals surface area contributed by atoms with Crippen molar-refractivity contribution < 1.29 is 45.0 Å². The monoisotopic (exact) mass is 323 g/mol. The number of hydrogen-bond donors (Lipinski definition) is 7.